The van der Waals surface area contributed by atoms with Crippen molar-refractivity contribution in [2.24, 2.45) is 10.7 Å². The summed E-state index contributed by atoms with van der Waals surface area (Å²) in [6.45, 7) is 1.15. The van der Waals surface area contributed by atoms with E-state index in [1.807, 2.05) is 30.3 Å². The maximum atomic E-state index is 11.8. The number of amides is 1. The molecule has 0 aliphatic carbocycles. The van der Waals surface area contributed by atoms with Crippen LogP contribution in [0.2, 0.25) is 0 Å². The number of nitrogens with zero attached hydrogens (tertiary/aromatic N) is 3. The first kappa shape index (κ1) is 17.5. The SMILES string of the molecule is CN(C)C(=O)c1ccc(CN=C(N)NCCc2ccccn2)cc1. The summed E-state index contributed by atoms with van der Waals surface area (Å²) in [4.78, 5) is 21.9. The molecule has 0 saturated carbocycles. The van der Waals surface area contributed by atoms with Crippen LogP contribution in [0.25, 0.3) is 0 Å². The van der Waals surface area contributed by atoms with Gasteiger partial charge >= 0.3 is 0 Å². The normalized spacial score (nSPS) is 11.2. The molecule has 0 bridgehead atoms. The minimum atomic E-state index is -0.0132. The van der Waals surface area contributed by atoms with Crippen LogP contribution in [-0.2, 0) is 13.0 Å². The van der Waals surface area contributed by atoms with Gasteiger partial charge in [0.2, 0.25) is 0 Å². The summed E-state index contributed by atoms with van der Waals surface area (Å²) in [6.07, 6.45) is 2.57. The molecule has 0 fully saturated rings. The summed E-state index contributed by atoms with van der Waals surface area (Å²) in [7, 11) is 3.47. The molecule has 2 aromatic rings. The van der Waals surface area contributed by atoms with Gasteiger partial charge in [0.15, 0.2) is 5.96 Å². The minimum absolute atomic E-state index is 0.0132. The molecular formula is C18H23N5O. The van der Waals surface area contributed by atoms with Crippen LogP contribution in [-0.4, -0.2) is 42.4 Å². The fourth-order valence-electron chi connectivity index (χ4n) is 2.11. The van der Waals surface area contributed by atoms with Crippen LogP contribution in [0, 0.1) is 0 Å². The van der Waals surface area contributed by atoms with Crippen LogP contribution >= 0.6 is 0 Å². The highest BCUT2D eigenvalue weighted by molar-refractivity contribution is 5.93. The molecule has 0 saturated heterocycles. The van der Waals surface area contributed by atoms with Gasteiger partial charge in [0.05, 0.1) is 6.54 Å². The summed E-state index contributed by atoms with van der Waals surface area (Å²) >= 11 is 0. The van der Waals surface area contributed by atoms with E-state index in [9.17, 15) is 4.79 Å². The number of hydrogen-bond donors (Lipinski definition) is 2. The molecule has 1 heterocycles. The van der Waals surface area contributed by atoms with Gasteiger partial charge in [-0.3, -0.25) is 9.78 Å². The van der Waals surface area contributed by atoms with Gasteiger partial charge < -0.3 is 16.0 Å². The molecule has 0 spiro atoms. The lowest BCUT2D eigenvalue weighted by Crippen LogP contribution is -2.33. The molecule has 3 N–H and O–H groups in total. The summed E-state index contributed by atoms with van der Waals surface area (Å²) in [6, 6.07) is 13.2. The summed E-state index contributed by atoms with van der Waals surface area (Å²) in [5, 5.41) is 3.07. The number of rotatable bonds is 6. The van der Waals surface area contributed by atoms with Crippen molar-refractivity contribution in [2.45, 2.75) is 13.0 Å². The Morgan fingerprint density at radius 2 is 1.96 bits per heavy atom. The van der Waals surface area contributed by atoms with E-state index in [1.165, 1.54) is 0 Å². The molecule has 6 nitrogen and oxygen atoms in total. The minimum Gasteiger partial charge on any atom is -0.370 e. The lowest BCUT2D eigenvalue weighted by Gasteiger charge is -2.10. The zero-order valence-electron chi connectivity index (χ0n) is 14.1. The van der Waals surface area contributed by atoms with E-state index in [0.717, 1.165) is 17.7 Å². The average Bonchev–Trinajstić information content (AvgIpc) is 2.60. The Labute approximate surface area is 142 Å². The van der Waals surface area contributed by atoms with Crippen molar-refractivity contribution in [1.82, 2.24) is 15.2 Å². The monoisotopic (exact) mass is 325 g/mol. The van der Waals surface area contributed by atoms with Crippen LogP contribution in [0.4, 0.5) is 0 Å². The summed E-state index contributed by atoms with van der Waals surface area (Å²) < 4.78 is 0. The molecule has 1 aromatic carbocycles. The standard InChI is InChI=1S/C18H23N5O/c1-23(2)17(24)15-8-6-14(7-9-15)13-22-18(19)21-12-10-16-5-3-4-11-20-16/h3-9,11H,10,12-13H2,1-2H3,(H3,19,21,22). The highest BCUT2D eigenvalue weighted by Gasteiger charge is 2.06. The molecule has 1 amide bonds. The molecule has 6 heteroatoms. The van der Waals surface area contributed by atoms with E-state index in [-0.39, 0.29) is 5.91 Å². The van der Waals surface area contributed by atoms with E-state index in [1.54, 1.807) is 37.3 Å². The van der Waals surface area contributed by atoms with Crippen molar-refractivity contribution >= 4 is 11.9 Å². The first-order valence-corrected chi connectivity index (χ1v) is 7.80. The molecule has 0 aliphatic rings. The van der Waals surface area contributed by atoms with Gasteiger partial charge in [-0.05, 0) is 29.8 Å². The van der Waals surface area contributed by atoms with Crippen LogP contribution in [0.5, 0.6) is 0 Å². The topological polar surface area (TPSA) is 83.6 Å². The maximum absolute atomic E-state index is 11.8. The van der Waals surface area contributed by atoms with Crippen LogP contribution in [0.3, 0.4) is 0 Å². The lowest BCUT2D eigenvalue weighted by atomic mass is 10.1. The number of benzene rings is 1. The van der Waals surface area contributed by atoms with Gasteiger partial charge in [-0.25, -0.2) is 4.99 Å². The van der Waals surface area contributed by atoms with Gasteiger partial charge in [0.1, 0.15) is 0 Å². The Morgan fingerprint density at radius 1 is 1.21 bits per heavy atom. The second-order valence-corrected chi connectivity index (χ2v) is 5.60. The van der Waals surface area contributed by atoms with E-state index in [2.05, 4.69) is 15.3 Å². The number of aliphatic imine (C=N–C) groups is 1. The Bertz CT molecular complexity index is 680. The second-order valence-electron chi connectivity index (χ2n) is 5.60. The summed E-state index contributed by atoms with van der Waals surface area (Å²) in [5.41, 5.74) is 8.54. The van der Waals surface area contributed by atoms with Crippen LogP contribution in [0.15, 0.2) is 53.7 Å². The Kier molecular flexibility index (Phi) is 6.31. The van der Waals surface area contributed by atoms with Crippen molar-refractivity contribution in [1.29, 1.82) is 0 Å². The number of guanidine groups is 1. The van der Waals surface area contributed by atoms with E-state index in [4.69, 9.17) is 5.73 Å². The highest BCUT2D eigenvalue weighted by Crippen LogP contribution is 2.07. The fourth-order valence-corrected chi connectivity index (χ4v) is 2.11. The van der Waals surface area contributed by atoms with E-state index < -0.39 is 0 Å². The van der Waals surface area contributed by atoms with Crippen molar-refractivity contribution in [3.05, 3.63) is 65.5 Å². The first-order chi connectivity index (χ1) is 11.6. The highest BCUT2D eigenvalue weighted by atomic mass is 16.2. The van der Waals surface area contributed by atoms with Gasteiger partial charge in [-0.15, -0.1) is 0 Å². The second kappa shape index (κ2) is 8.67. The van der Waals surface area contributed by atoms with Gasteiger partial charge in [-0.1, -0.05) is 18.2 Å². The Hall–Kier alpha value is -2.89. The smallest absolute Gasteiger partial charge is 0.253 e. The Morgan fingerprint density at radius 3 is 2.58 bits per heavy atom. The van der Waals surface area contributed by atoms with Crippen LogP contribution in [0.1, 0.15) is 21.6 Å². The van der Waals surface area contributed by atoms with E-state index >= 15 is 0 Å². The molecule has 1 aromatic heterocycles. The number of carbonyl (C=O) groups excluding carboxylic acids is 1. The number of hydrogen-bond acceptors (Lipinski definition) is 3. The molecule has 24 heavy (non-hydrogen) atoms. The largest absolute Gasteiger partial charge is 0.370 e. The quantitative estimate of drug-likeness (QED) is 0.622. The molecule has 0 unspecified atom stereocenters. The number of carbonyl (C=O) groups is 1. The van der Waals surface area contributed by atoms with Crippen molar-refractivity contribution in [2.75, 3.05) is 20.6 Å². The zero-order chi connectivity index (χ0) is 17.4. The fraction of sp³-hybridized carbons (Fsp3) is 0.278. The molecule has 2 rings (SSSR count). The third kappa shape index (κ3) is 5.39. The molecule has 126 valence electrons. The van der Waals surface area contributed by atoms with Crippen molar-refractivity contribution < 1.29 is 4.79 Å². The molecule has 0 aliphatic heterocycles. The predicted octanol–water partition coefficient (Wildman–Crippen LogP) is 1.43. The van der Waals surface area contributed by atoms with Crippen molar-refractivity contribution in [3.63, 3.8) is 0 Å². The zero-order valence-corrected chi connectivity index (χ0v) is 14.1. The van der Waals surface area contributed by atoms with E-state index in [0.29, 0.717) is 24.6 Å². The van der Waals surface area contributed by atoms with Gasteiger partial charge in [0.25, 0.3) is 5.91 Å². The lowest BCUT2D eigenvalue weighted by molar-refractivity contribution is 0.0827. The number of nitrogens with one attached hydrogen (secondary N) is 1. The van der Waals surface area contributed by atoms with Crippen molar-refractivity contribution in [3.8, 4) is 0 Å². The number of aromatic nitrogens is 1. The number of pyridine rings is 1. The summed E-state index contributed by atoms with van der Waals surface area (Å²) in [5.74, 6) is 0.389. The van der Waals surface area contributed by atoms with Gasteiger partial charge in [-0.2, -0.15) is 0 Å². The average molecular weight is 325 g/mol. The Balaban J connectivity index is 1.80. The van der Waals surface area contributed by atoms with Crippen LogP contribution < -0.4 is 11.1 Å². The third-order valence-corrected chi connectivity index (χ3v) is 3.45. The number of nitrogens with two attached hydrogens (primary N) is 1. The predicted molar refractivity (Wildman–Crippen MR) is 95.7 cm³/mol. The maximum Gasteiger partial charge on any atom is 0.253 e. The van der Waals surface area contributed by atoms with Gasteiger partial charge in [0, 0.05) is 44.5 Å². The molecular weight excluding hydrogens is 302 g/mol. The molecule has 0 radical (unpaired) electrons. The third-order valence-electron chi connectivity index (χ3n) is 3.45. The molecule has 0 atom stereocenters. The first-order valence-electron chi connectivity index (χ1n) is 7.80.